The van der Waals surface area contributed by atoms with Crippen molar-refractivity contribution in [3.8, 4) is 0 Å². The third-order valence-corrected chi connectivity index (χ3v) is 2.73. The maximum atomic E-state index is 11.7. The number of hydrogen-bond acceptors (Lipinski definition) is 3. The molecular weight excluding hydrogens is 276 g/mol. The fourth-order valence-electron chi connectivity index (χ4n) is 1.31. The van der Waals surface area contributed by atoms with Crippen molar-refractivity contribution in [2.75, 3.05) is 0 Å². The van der Waals surface area contributed by atoms with Crippen LogP contribution in [0.15, 0.2) is 22.7 Å². The Kier molecular flexibility index (Phi) is 2.91. The minimum absolute atomic E-state index is 0.0877. The van der Waals surface area contributed by atoms with E-state index in [0.717, 1.165) is 12.8 Å². The lowest BCUT2D eigenvalue weighted by Gasteiger charge is -2.03. The third-order valence-electron chi connectivity index (χ3n) is 2.27. The van der Waals surface area contributed by atoms with Crippen LogP contribution < -0.4 is 5.32 Å². The minimum atomic E-state index is -0.515. The highest BCUT2D eigenvalue weighted by Gasteiger charge is 2.24. The van der Waals surface area contributed by atoms with Gasteiger partial charge in [-0.2, -0.15) is 0 Å². The quantitative estimate of drug-likeness (QED) is 0.683. The standard InChI is InChI=1S/C10H9BrN2O3/c11-7-3-6(4-9(5-7)13(15)16)10(14)12-8-1-2-8/h3-5,8H,1-2H2,(H,12,14). The molecule has 0 radical (unpaired) electrons. The summed E-state index contributed by atoms with van der Waals surface area (Å²) >= 11 is 3.15. The van der Waals surface area contributed by atoms with Crippen molar-refractivity contribution in [1.29, 1.82) is 0 Å². The lowest BCUT2D eigenvalue weighted by atomic mass is 10.2. The Morgan fingerprint density at radius 2 is 2.12 bits per heavy atom. The summed E-state index contributed by atoms with van der Waals surface area (Å²) in [5, 5.41) is 13.4. The molecule has 0 unspecified atom stereocenters. The van der Waals surface area contributed by atoms with Gasteiger partial charge in [-0.25, -0.2) is 0 Å². The van der Waals surface area contributed by atoms with Crippen LogP contribution in [0.25, 0.3) is 0 Å². The van der Waals surface area contributed by atoms with Crippen molar-refractivity contribution >= 4 is 27.5 Å². The molecule has 0 atom stereocenters. The van der Waals surface area contributed by atoms with Crippen molar-refractivity contribution < 1.29 is 9.72 Å². The van der Waals surface area contributed by atoms with Crippen LogP contribution in [0.2, 0.25) is 0 Å². The fourth-order valence-corrected chi connectivity index (χ4v) is 1.79. The maximum absolute atomic E-state index is 11.7. The zero-order valence-corrected chi connectivity index (χ0v) is 9.86. The largest absolute Gasteiger partial charge is 0.349 e. The van der Waals surface area contributed by atoms with Crippen LogP contribution >= 0.6 is 15.9 Å². The number of nitro groups is 1. The van der Waals surface area contributed by atoms with Crippen LogP contribution in [0.5, 0.6) is 0 Å². The second-order valence-corrected chi connectivity index (χ2v) is 4.62. The topological polar surface area (TPSA) is 72.2 Å². The first-order valence-corrected chi connectivity index (χ1v) is 5.61. The molecule has 0 spiro atoms. The summed E-state index contributed by atoms with van der Waals surface area (Å²) in [5.74, 6) is -0.257. The molecule has 2 rings (SSSR count). The Bertz CT molecular complexity index is 457. The van der Waals surface area contributed by atoms with E-state index in [9.17, 15) is 14.9 Å². The van der Waals surface area contributed by atoms with Crippen molar-refractivity contribution in [3.05, 3.63) is 38.3 Å². The van der Waals surface area contributed by atoms with Gasteiger partial charge in [0.1, 0.15) is 0 Å². The van der Waals surface area contributed by atoms with Crippen LogP contribution in [0.3, 0.4) is 0 Å². The smallest absolute Gasteiger partial charge is 0.271 e. The predicted molar refractivity (Wildman–Crippen MR) is 61.3 cm³/mol. The number of nitrogens with one attached hydrogen (secondary N) is 1. The van der Waals surface area contributed by atoms with E-state index in [0.29, 0.717) is 10.0 Å². The van der Waals surface area contributed by atoms with Gasteiger partial charge in [-0.1, -0.05) is 15.9 Å². The number of rotatable bonds is 3. The minimum Gasteiger partial charge on any atom is -0.349 e. The average Bonchev–Trinajstić information content (AvgIpc) is 3.00. The summed E-state index contributed by atoms with van der Waals surface area (Å²) in [7, 11) is 0. The van der Waals surface area contributed by atoms with E-state index >= 15 is 0 Å². The molecule has 1 amide bonds. The number of carbonyl (C=O) groups is 1. The molecule has 1 aromatic rings. The Balaban J connectivity index is 2.24. The van der Waals surface area contributed by atoms with Crippen LogP contribution in [0.4, 0.5) is 5.69 Å². The molecule has 1 fully saturated rings. The molecule has 6 heteroatoms. The average molecular weight is 285 g/mol. The van der Waals surface area contributed by atoms with Gasteiger partial charge in [0.25, 0.3) is 11.6 Å². The summed E-state index contributed by atoms with van der Waals surface area (Å²) in [6.45, 7) is 0. The summed E-state index contributed by atoms with van der Waals surface area (Å²) in [5.41, 5.74) is 0.225. The number of hydrogen-bond donors (Lipinski definition) is 1. The maximum Gasteiger partial charge on any atom is 0.271 e. The van der Waals surface area contributed by atoms with Crippen molar-refractivity contribution in [3.63, 3.8) is 0 Å². The zero-order chi connectivity index (χ0) is 11.7. The van der Waals surface area contributed by atoms with Crippen molar-refractivity contribution in [1.82, 2.24) is 5.32 Å². The van der Waals surface area contributed by atoms with Gasteiger partial charge in [0.05, 0.1) is 4.92 Å². The van der Waals surface area contributed by atoms with Gasteiger partial charge in [0.2, 0.25) is 0 Å². The van der Waals surface area contributed by atoms with Gasteiger partial charge in [-0.05, 0) is 18.9 Å². The van der Waals surface area contributed by atoms with Crippen molar-refractivity contribution in [2.45, 2.75) is 18.9 Å². The molecule has 16 heavy (non-hydrogen) atoms. The van der Waals surface area contributed by atoms with E-state index in [-0.39, 0.29) is 17.6 Å². The highest BCUT2D eigenvalue weighted by Crippen LogP contribution is 2.23. The number of amides is 1. The Hall–Kier alpha value is -1.43. The number of carbonyl (C=O) groups excluding carboxylic acids is 1. The van der Waals surface area contributed by atoms with Crippen LogP contribution in [0.1, 0.15) is 23.2 Å². The summed E-state index contributed by atoms with van der Waals surface area (Å²) in [6.07, 6.45) is 1.98. The first-order valence-electron chi connectivity index (χ1n) is 4.82. The number of non-ortho nitro benzene ring substituents is 1. The van der Waals surface area contributed by atoms with E-state index in [1.54, 1.807) is 6.07 Å². The highest BCUT2D eigenvalue weighted by molar-refractivity contribution is 9.10. The molecule has 0 bridgehead atoms. The van der Waals surface area contributed by atoms with Gasteiger partial charge in [0, 0.05) is 28.2 Å². The van der Waals surface area contributed by atoms with Crippen molar-refractivity contribution in [2.24, 2.45) is 0 Å². The van der Waals surface area contributed by atoms with E-state index in [4.69, 9.17) is 0 Å². The molecule has 1 N–H and O–H groups in total. The summed E-state index contributed by atoms with van der Waals surface area (Å²) in [4.78, 5) is 21.8. The monoisotopic (exact) mass is 284 g/mol. The molecule has 0 saturated heterocycles. The molecule has 0 aliphatic heterocycles. The molecule has 0 heterocycles. The third kappa shape index (κ3) is 2.57. The second kappa shape index (κ2) is 4.21. The SMILES string of the molecule is O=C(NC1CC1)c1cc(Br)cc([N+](=O)[O-])c1. The number of nitro benzene ring substituents is 1. The lowest BCUT2D eigenvalue weighted by molar-refractivity contribution is -0.385. The van der Waals surface area contributed by atoms with Crippen LogP contribution in [-0.2, 0) is 0 Å². The molecule has 84 valence electrons. The molecule has 1 aliphatic carbocycles. The molecule has 5 nitrogen and oxygen atoms in total. The predicted octanol–water partition coefficient (Wildman–Crippen LogP) is 2.25. The molecule has 1 aromatic carbocycles. The van der Waals surface area contributed by atoms with Gasteiger partial charge in [-0.3, -0.25) is 14.9 Å². The Labute approximate surface area is 100 Å². The van der Waals surface area contributed by atoms with E-state index in [1.165, 1.54) is 12.1 Å². The fraction of sp³-hybridized carbons (Fsp3) is 0.300. The number of benzene rings is 1. The normalized spacial score (nSPS) is 14.6. The van der Waals surface area contributed by atoms with Gasteiger partial charge in [0.15, 0.2) is 0 Å². The summed E-state index contributed by atoms with van der Waals surface area (Å²) < 4.78 is 0.530. The van der Waals surface area contributed by atoms with E-state index in [1.807, 2.05) is 0 Å². The lowest BCUT2D eigenvalue weighted by Crippen LogP contribution is -2.25. The number of nitrogens with zero attached hydrogens (tertiary/aromatic N) is 1. The molecular formula is C10H9BrN2O3. The van der Waals surface area contributed by atoms with Crippen LogP contribution in [-0.4, -0.2) is 16.9 Å². The molecule has 1 saturated carbocycles. The summed E-state index contributed by atoms with van der Waals surface area (Å²) in [6, 6.07) is 4.46. The highest BCUT2D eigenvalue weighted by atomic mass is 79.9. The molecule has 1 aliphatic rings. The first-order chi connectivity index (χ1) is 7.56. The van der Waals surface area contributed by atoms with Gasteiger partial charge in [-0.15, -0.1) is 0 Å². The van der Waals surface area contributed by atoms with Gasteiger partial charge >= 0.3 is 0 Å². The zero-order valence-electron chi connectivity index (χ0n) is 8.27. The Morgan fingerprint density at radius 1 is 1.44 bits per heavy atom. The van der Waals surface area contributed by atoms with Crippen LogP contribution in [0, 0.1) is 10.1 Å². The first kappa shape index (κ1) is 11.1. The van der Waals surface area contributed by atoms with E-state index < -0.39 is 4.92 Å². The Morgan fingerprint density at radius 3 is 2.69 bits per heavy atom. The number of halogens is 1. The molecule has 0 aromatic heterocycles. The second-order valence-electron chi connectivity index (χ2n) is 3.70. The van der Waals surface area contributed by atoms with E-state index in [2.05, 4.69) is 21.2 Å². The van der Waals surface area contributed by atoms with Gasteiger partial charge < -0.3 is 5.32 Å².